The molecule has 5 heterocycles. The van der Waals surface area contributed by atoms with E-state index in [1.54, 1.807) is 4.52 Å². The van der Waals surface area contributed by atoms with Gasteiger partial charge < -0.3 is 20.1 Å². The molecule has 2 fully saturated rings. The molecular weight excluding hydrogens is 529 g/mol. The van der Waals surface area contributed by atoms with Gasteiger partial charge in [-0.15, -0.1) is 17.5 Å². The van der Waals surface area contributed by atoms with Gasteiger partial charge in [-0.05, 0) is 17.7 Å². The van der Waals surface area contributed by atoms with Gasteiger partial charge in [-0.25, -0.2) is 19.3 Å². The maximum absolute atomic E-state index is 14.1. The number of carbonyl (C=O) groups is 1. The van der Waals surface area contributed by atoms with Crippen LogP contribution in [0.25, 0.3) is 16.9 Å². The Morgan fingerprint density at radius 2 is 1.89 bits per heavy atom. The Bertz CT molecular complexity index is 1290. The molecule has 3 aromatic heterocycles. The third kappa shape index (κ3) is 5.77. The van der Waals surface area contributed by atoms with Crippen LogP contribution in [0.3, 0.4) is 0 Å². The minimum absolute atomic E-state index is 0. The van der Waals surface area contributed by atoms with Crippen LogP contribution >= 0.6 is 12.4 Å². The van der Waals surface area contributed by atoms with E-state index in [0.717, 1.165) is 45.0 Å². The van der Waals surface area contributed by atoms with Crippen LogP contribution in [0.15, 0.2) is 24.5 Å². The smallest absolute Gasteiger partial charge is 0.417 e. The van der Waals surface area contributed by atoms with Gasteiger partial charge in [0.05, 0.1) is 24.3 Å². The maximum Gasteiger partial charge on any atom is 0.417 e. The summed E-state index contributed by atoms with van der Waals surface area (Å²) in [6, 6.07) is 2.68. The minimum Gasteiger partial charge on any atom is -0.465 e. The number of rotatable bonds is 5. The highest BCUT2D eigenvalue weighted by molar-refractivity contribution is 5.85. The number of nitrogens with one attached hydrogen (secondary N) is 1. The topological polar surface area (TPSA) is 111 Å². The number of ether oxygens (including phenoxy) is 1. The Labute approximate surface area is 222 Å². The highest BCUT2D eigenvalue weighted by atomic mass is 35.5. The first-order valence-corrected chi connectivity index (χ1v) is 11.9. The zero-order valence-corrected chi connectivity index (χ0v) is 21.4. The number of fused-ring (bicyclic) bond motifs is 1. The average Bonchev–Trinajstić information content (AvgIpc) is 3.30. The van der Waals surface area contributed by atoms with Crippen LogP contribution in [0.4, 0.5) is 29.6 Å². The molecule has 2 N–H and O–H groups in total. The summed E-state index contributed by atoms with van der Waals surface area (Å²) in [5, 5.41) is 17.0. The fourth-order valence-electron chi connectivity index (χ4n) is 4.51. The van der Waals surface area contributed by atoms with Gasteiger partial charge in [0.1, 0.15) is 11.3 Å². The Morgan fingerprint density at radius 3 is 2.55 bits per heavy atom. The van der Waals surface area contributed by atoms with Gasteiger partial charge in [0.25, 0.3) is 0 Å². The number of aromatic nitrogens is 4. The van der Waals surface area contributed by atoms with E-state index in [0.29, 0.717) is 55.1 Å². The van der Waals surface area contributed by atoms with E-state index in [4.69, 9.17) is 4.74 Å². The van der Waals surface area contributed by atoms with E-state index >= 15 is 0 Å². The van der Waals surface area contributed by atoms with E-state index < -0.39 is 17.8 Å². The van der Waals surface area contributed by atoms with Crippen molar-refractivity contribution in [2.24, 2.45) is 0 Å². The van der Waals surface area contributed by atoms with E-state index in [9.17, 15) is 23.1 Å². The van der Waals surface area contributed by atoms with Crippen molar-refractivity contribution < 1.29 is 27.8 Å². The van der Waals surface area contributed by atoms with Gasteiger partial charge in [-0.3, -0.25) is 9.80 Å². The molecule has 0 aliphatic carbocycles. The lowest BCUT2D eigenvalue weighted by atomic mass is 10.1. The standard InChI is InChI=1S/C23H27F3N8O3.ClH/c1-31(22(35)36)19-11-17(23(24,25)26)16(12-28-19)20-29-21(33-6-8-37-9-7-33)18-10-15(14-34(18)30-20)13-32-4-2-27-3-5-32;/h10-12,14,27H,2-9,13H2,1H3,(H,35,36);1H. The van der Waals surface area contributed by atoms with Crippen LogP contribution in [0, 0.1) is 0 Å². The molecular formula is C23H28ClF3N8O3. The van der Waals surface area contributed by atoms with Gasteiger partial charge in [0.15, 0.2) is 11.6 Å². The zero-order chi connectivity index (χ0) is 26.2. The van der Waals surface area contributed by atoms with Crippen LogP contribution in [0.1, 0.15) is 11.1 Å². The van der Waals surface area contributed by atoms with E-state index in [-0.39, 0.29) is 29.6 Å². The van der Waals surface area contributed by atoms with Crippen LogP contribution in [-0.2, 0) is 17.5 Å². The van der Waals surface area contributed by atoms with Crippen molar-refractivity contribution in [2.75, 3.05) is 69.3 Å². The number of hydrogen-bond acceptors (Lipinski definition) is 8. The first-order valence-electron chi connectivity index (χ1n) is 11.9. The molecule has 0 aromatic carbocycles. The van der Waals surface area contributed by atoms with Gasteiger partial charge in [0, 0.05) is 65.3 Å². The van der Waals surface area contributed by atoms with Crippen molar-refractivity contribution in [3.8, 4) is 11.4 Å². The molecule has 2 aliphatic heterocycles. The second-order valence-electron chi connectivity index (χ2n) is 8.99. The third-order valence-electron chi connectivity index (χ3n) is 6.49. The summed E-state index contributed by atoms with van der Waals surface area (Å²) < 4.78 is 49.4. The quantitative estimate of drug-likeness (QED) is 0.490. The molecule has 1 amide bonds. The molecule has 0 unspecified atom stereocenters. The summed E-state index contributed by atoms with van der Waals surface area (Å²) in [5.74, 6) is 0.0136. The summed E-state index contributed by atoms with van der Waals surface area (Å²) in [4.78, 5) is 24.7. The first kappa shape index (κ1) is 27.8. The molecule has 11 nitrogen and oxygen atoms in total. The molecule has 0 saturated carbocycles. The Balaban J connectivity index is 0.00000336. The maximum atomic E-state index is 14.1. The number of anilines is 2. The number of halogens is 4. The Hall–Kier alpha value is -3.20. The molecule has 38 heavy (non-hydrogen) atoms. The minimum atomic E-state index is -4.78. The van der Waals surface area contributed by atoms with Crippen molar-refractivity contribution in [1.29, 1.82) is 0 Å². The molecule has 206 valence electrons. The second kappa shape index (κ2) is 11.3. The molecule has 5 rings (SSSR count). The van der Waals surface area contributed by atoms with E-state index in [1.807, 2.05) is 17.2 Å². The molecule has 2 aliphatic rings. The number of hydrogen-bond donors (Lipinski definition) is 2. The van der Waals surface area contributed by atoms with Crippen molar-refractivity contribution in [1.82, 2.24) is 29.8 Å². The predicted molar refractivity (Wildman–Crippen MR) is 136 cm³/mol. The zero-order valence-electron chi connectivity index (χ0n) is 20.6. The molecule has 2 saturated heterocycles. The molecule has 3 aromatic rings. The number of alkyl halides is 3. The Morgan fingerprint density at radius 1 is 1.18 bits per heavy atom. The number of carboxylic acid groups (broad SMARTS) is 1. The second-order valence-corrected chi connectivity index (χ2v) is 8.99. The van der Waals surface area contributed by atoms with Gasteiger partial charge in [-0.2, -0.15) is 13.2 Å². The monoisotopic (exact) mass is 556 g/mol. The largest absolute Gasteiger partial charge is 0.465 e. The number of morpholine rings is 1. The normalized spacial score (nSPS) is 16.9. The molecule has 15 heteroatoms. The lowest BCUT2D eigenvalue weighted by Gasteiger charge is -2.28. The van der Waals surface area contributed by atoms with Gasteiger partial charge >= 0.3 is 12.3 Å². The Kier molecular flexibility index (Phi) is 8.25. The van der Waals surface area contributed by atoms with Gasteiger partial charge in [-0.1, -0.05) is 0 Å². The van der Waals surface area contributed by atoms with E-state index in [2.05, 4.69) is 25.3 Å². The average molecular weight is 557 g/mol. The van der Waals surface area contributed by atoms with Gasteiger partial charge in [0.2, 0.25) is 0 Å². The number of nitrogens with zero attached hydrogens (tertiary/aromatic N) is 7. The summed E-state index contributed by atoms with van der Waals surface area (Å²) in [7, 11) is 1.13. The van der Waals surface area contributed by atoms with Crippen molar-refractivity contribution in [3.63, 3.8) is 0 Å². The molecule has 0 atom stereocenters. The summed E-state index contributed by atoms with van der Waals surface area (Å²) in [6.45, 7) is 6.32. The molecule has 0 spiro atoms. The first-order chi connectivity index (χ1) is 17.7. The predicted octanol–water partition coefficient (Wildman–Crippen LogP) is 2.59. The van der Waals surface area contributed by atoms with E-state index in [1.165, 1.54) is 0 Å². The highest BCUT2D eigenvalue weighted by Crippen LogP contribution is 2.38. The van der Waals surface area contributed by atoms with Crippen molar-refractivity contribution in [2.45, 2.75) is 12.7 Å². The van der Waals surface area contributed by atoms with Crippen LogP contribution < -0.4 is 15.1 Å². The number of piperazine rings is 1. The lowest BCUT2D eigenvalue weighted by molar-refractivity contribution is -0.137. The van der Waals surface area contributed by atoms with Crippen LogP contribution in [-0.4, -0.2) is 95.2 Å². The van der Waals surface area contributed by atoms with Crippen molar-refractivity contribution in [3.05, 3.63) is 35.7 Å². The van der Waals surface area contributed by atoms with Crippen molar-refractivity contribution >= 4 is 35.7 Å². The fourth-order valence-corrected chi connectivity index (χ4v) is 4.51. The third-order valence-corrected chi connectivity index (χ3v) is 6.49. The number of pyridine rings is 1. The number of amides is 1. The molecule has 0 bridgehead atoms. The SMILES string of the molecule is CN(C(=O)O)c1cc(C(F)(F)F)c(-c2nc(N3CCOCC3)c3cc(CN4CCNCC4)cn3n2)cn1.Cl. The molecule has 0 radical (unpaired) electrons. The fraction of sp³-hybridized carbons (Fsp3) is 0.478. The summed E-state index contributed by atoms with van der Waals surface area (Å²) >= 11 is 0. The van der Waals surface area contributed by atoms with Crippen LogP contribution in [0.2, 0.25) is 0 Å². The summed E-state index contributed by atoms with van der Waals surface area (Å²) in [5.41, 5.74) is 0.282. The highest BCUT2D eigenvalue weighted by Gasteiger charge is 2.36. The lowest BCUT2D eigenvalue weighted by Crippen LogP contribution is -2.42. The summed E-state index contributed by atoms with van der Waals surface area (Å²) in [6.07, 6.45) is -3.41. The van der Waals surface area contributed by atoms with Crippen LogP contribution in [0.5, 0.6) is 0 Å².